The van der Waals surface area contributed by atoms with E-state index < -0.39 is 0 Å². The second-order valence-electron chi connectivity index (χ2n) is 8.45. The number of ether oxygens (including phenoxy) is 1. The third kappa shape index (κ3) is 6.30. The van der Waals surface area contributed by atoms with Crippen LogP contribution in [0, 0.1) is 13.8 Å². The minimum Gasteiger partial charge on any atom is -0.376 e. The first kappa shape index (κ1) is 23.8. The fourth-order valence-electron chi connectivity index (χ4n) is 4.20. The van der Waals surface area contributed by atoms with E-state index in [2.05, 4.69) is 72.8 Å². The maximum Gasteiger partial charge on any atom is 0.191 e. The van der Waals surface area contributed by atoms with E-state index in [9.17, 15) is 0 Å². The van der Waals surface area contributed by atoms with Crippen LogP contribution in [0.25, 0.3) is 0 Å². The number of hydrogen-bond acceptors (Lipinski definition) is 5. The number of morpholine rings is 1. The third-order valence-electron chi connectivity index (χ3n) is 5.90. The van der Waals surface area contributed by atoms with Gasteiger partial charge in [-0.25, -0.2) is 0 Å². The molecule has 1 saturated heterocycles. The summed E-state index contributed by atoms with van der Waals surface area (Å²) in [4.78, 5) is 8.88. The van der Waals surface area contributed by atoms with Crippen molar-refractivity contribution in [3.63, 3.8) is 0 Å². The number of guanidine groups is 1. The van der Waals surface area contributed by atoms with Gasteiger partial charge in [-0.3, -0.25) is 14.6 Å². The lowest BCUT2D eigenvalue weighted by Gasteiger charge is -2.36. The van der Waals surface area contributed by atoms with Crippen LogP contribution in [0.2, 0.25) is 0 Å². The lowest BCUT2D eigenvalue weighted by Crippen LogP contribution is -2.45. The van der Waals surface area contributed by atoms with Crippen molar-refractivity contribution in [2.45, 2.75) is 59.2 Å². The molecule has 3 rings (SSSR count). The number of aryl methyl sites for hydroxylation is 2. The fourth-order valence-corrected chi connectivity index (χ4v) is 5.05. The van der Waals surface area contributed by atoms with E-state index in [1.165, 1.54) is 16.1 Å². The van der Waals surface area contributed by atoms with Crippen molar-refractivity contribution in [3.05, 3.63) is 39.3 Å². The van der Waals surface area contributed by atoms with Crippen LogP contribution in [0.4, 0.5) is 0 Å². The number of rotatable bonds is 8. The molecule has 3 unspecified atom stereocenters. The van der Waals surface area contributed by atoms with Crippen molar-refractivity contribution in [2.75, 3.05) is 32.8 Å². The Labute approximate surface area is 190 Å². The molecule has 0 aliphatic carbocycles. The molecule has 0 bridgehead atoms. The van der Waals surface area contributed by atoms with Crippen LogP contribution in [0.3, 0.4) is 0 Å². The van der Waals surface area contributed by atoms with Gasteiger partial charge in [-0.05, 0) is 58.0 Å². The zero-order valence-electron chi connectivity index (χ0n) is 19.8. The van der Waals surface area contributed by atoms with Crippen molar-refractivity contribution in [3.8, 4) is 0 Å². The van der Waals surface area contributed by atoms with Crippen molar-refractivity contribution in [1.82, 2.24) is 25.3 Å². The summed E-state index contributed by atoms with van der Waals surface area (Å²) in [5.41, 5.74) is 3.65. The maximum absolute atomic E-state index is 5.76. The first-order valence-corrected chi connectivity index (χ1v) is 12.2. The standard InChI is InChI=1S/C23H38N6OS/c1-7-24-23(26-16(2)13-20-18(4)27-28(6)19(20)5)25-14-21(22-9-8-12-31-22)29-10-11-30-17(3)15-29/h8-9,12,16-17,21H,7,10-11,13-15H2,1-6H3,(H2,24,25,26). The van der Waals surface area contributed by atoms with Gasteiger partial charge in [0.05, 0.1) is 31.0 Å². The van der Waals surface area contributed by atoms with E-state index in [-0.39, 0.29) is 18.2 Å². The summed E-state index contributed by atoms with van der Waals surface area (Å²) in [5.74, 6) is 0.872. The Morgan fingerprint density at radius 1 is 1.42 bits per heavy atom. The van der Waals surface area contributed by atoms with Crippen LogP contribution in [0.15, 0.2) is 22.5 Å². The lowest BCUT2D eigenvalue weighted by atomic mass is 10.1. The van der Waals surface area contributed by atoms with E-state index in [0.29, 0.717) is 0 Å². The number of thiophene rings is 1. The van der Waals surface area contributed by atoms with Gasteiger partial charge in [-0.2, -0.15) is 5.10 Å². The largest absolute Gasteiger partial charge is 0.376 e. The average molecular weight is 447 g/mol. The van der Waals surface area contributed by atoms with Gasteiger partial charge in [0.25, 0.3) is 0 Å². The number of nitrogens with one attached hydrogen (secondary N) is 2. The molecular formula is C23H38N6OS. The fraction of sp³-hybridized carbons (Fsp3) is 0.652. The normalized spacial score (nSPS) is 19.9. The molecule has 3 heterocycles. The summed E-state index contributed by atoms with van der Waals surface area (Å²) >= 11 is 1.81. The molecular weight excluding hydrogens is 408 g/mol. The Kier molecular flexibility index (Phi) is 8.51. The molecule has 3 atom stereocenters. The van der Waals surface area contributed by atoms with Crippen LogP contribution < -0.4 is 10.6 Å². The van der Waals surface area contributed by atoms with Crippen LogP contribution in [0.5, 0.6) is 0 Å². The maximum atomic E-state index is 5.76. The van der Waals surface area contributed by atoms with Gasteiger partial charge in [0.1, 0.15) is 0 Å². The SMILES string of the molecule is CCNC(=NCC(c1cccs1)N1CCOC(C)C1)NC(C)Cc1c(C)nn(C)c1C. The van der Waals surface area contributed by atoms with E-state index in [4.69, 9.17) is 9.73 Å². The molecule has 0 radical (unpaired) electrons. The van der Waals surface area contributed by atoms with Crippen LogP contribution in [-0.2, 0) is 18.2 Å². The van der Waals surface area contributed by atoms with Crippen LogP contribution in [0.1, 0.15) is 48.6 Å². The molecule has 0 amide bonds. The summed E-state index contributed by atoms with van der Waals surface area (Å²) in [5, 5.41) is 13.7. The first-order chi connectivity index (χ1) is 14.9. The zero-order chi connectivity index (χ0) is 22.4. The Hall–Kier alpha value is -1.90. The number of aromatic nitrogens is 2. The van der Waals surface area contributed by atoms with Gasteiger partial charge in [-0.15, -0.1) is 11.3 Å². The van der Waals surface area contributed by atoms with E-state index in [1.807, 2.05) is 23.1 Å². The second-order valence-corrected chi connectivity index (χ2v) is 9.43. The van der Waals surface area contributed by atoms with Crippen molar-refractivity contribution >= 4 is 17.3 Å². The molecule has 0 aromatic carbocycles. The average Bonchev–Trinajstić information content (AvgIpc) is 3.33. The number of aliphatic imine (C=N–C) groups is 1. The van der Waals surface area contributed by atoms with Gasteiger partial charge in [-0.1, -0.05) is 6.07 Å². The van der Waals surface area contributed by atoms with E-state index in [0.717, 1.165) is 50.9 Å². The molecule has 2 aromatic rings. The van der Waals surface area contributed by atoms with Crippen molar-refractivity contribution in [1.29, 1.82) is 0 Å². The number of hydrogen-bond donors (Lipinski definition) is 2. The Morgan fingerprint density at radius 3 is 2.84 bits per heavy atom. The molecule has 2 aromatic heterocycles. The molecule has 31 heavy (non-hydrogen) atoms. The summed E-state index contributed by atoms with van der Waals surface area (Å²) < 4.78 is 7.73. The Balaban J connectivity index is 1.70. The highest BCUT2D eigenvalue weighted by atomic mass is 32.1. The molecule has 0 saturated carbocycles. The van der Waals surface area contributed by atoms with Gasteiger partial charge in [0.15, 0.2) is 5.96 Å². The highest BCUT2D eigenvalue weighted by Gasteiger charge is 2.26. The monoisotopic (exact) mass is 446 g/mol. The summed E-state index contributed by atoms with van der Waals surface area (Å²) in [6.45, 7) is 14.9. The van der Waals surface area contributed by atoms with Gasteiger partial charge >= 0.3 is 0 Å². The van der Waals surface area contributed by atoms with Crippen molar-refractivity contribution < 1.29 is 4.74 Å². The highest BCUT2D eigenvalue weighted by molar-refractivity contribution is 7.10. The van der Waals surface area contributed by atoms with E-state index in [1.54, 1.807) is 0 Å². The number of nitrogens with zero attached hydrogens (tertiary/aromatic N) is 4. The molecule has 172 valence electrons. The molecule has 8 heteroatoms. The minimum absolute atomic E-state index is 0.253. The molecule has 0 spiro atoms. The molecule has 1 fully saturated rings. The second kappa shape index (κ2) is 11.1. The predicted octanol–water partition coefficient (Wildman–Crippen LogP) is 3.05. The molecule has 2 N–H and O–H groups in total. The summed E-state index contributed by atoms with van der Waals surface area (Å²) in [6, 6.07) is 4.88. The van der Waals surface area contributed by atoms with Gasteiger partial charge in [0.2, 0.25) is 0 Å². The van der Waals surface area contributed by atoms with E-state index >= 15 is 0 Å². The van der Waals surface area contributed by atoms with Crippen LogP contribution in [-0.4, -0.2) is 65.6 Å². The van der Waals surface area contributed by atoms with Crippen LogP contribution >= 0.6 is 11.3 Å². The molecule has 1 aliphatic heterocycles. The third-order valence-corrected chi connectivity index (χ3v) is 6.88. The Morgan fingerprint density at radius 2 is 2.23 bits per heavy atom. The molecule has 7 nitrogen and oxygen atoms in total. The minimum atomic E-state index is 0.253. The smallest absolute Gasteiger partial charge is 0.191 e. The quantitative estimate of drug-likeness (QED) is 0.482. The summed E-state index contributed by atoms with van der Waals surface area (Å²) in [6.07, 6.45) is 1.18. The van der Waals surface area contributed by atoms with Gasteiger partial charge in [0, 0.05) is 43.3 Å². The lowest BCUT2D eigenvalue weighted by molar-refractivity contribution is -0.0327. The highest BCUT2D eigenvalue weighted by Crippen LogP contribution is 2.27. The zero-order valence-corrected chi connectivity index (χ0v) is 20.6. The topological polar surface area (TPSA) is 66.7 Å². The molecule has 1 aliphatic rings. The Bertz CT molecular complexity index is 847. The first-order valence-electron chi connectivity index (χ1n) is 11.3. The van der Waals surface area contributed by atoms with Gasteiger partial charge < -0.3 is 15.4 Å². The summed E-state index contributed by atoms with van der Waals surface area (Å²) in [7, 11) is 2.01. The predicted molar refractivity (Wildman–Crippen MR) is 129 cm³/mol. The van der Waals surface area contributed by atoms with Crippen molar-refractivity contribution in [2.24, 2.45) is 12.0 Å².